The number of hydrogen-bond acceptors (Lipinski definition) is 3. The highest BCUT2D eigenvalue weighted by Gasteiger charge is 2.24. The fourth-order valence-electron chi connectivity index (χ4n) is 3.43. The summed E-state index contributed by atoms with van der Waals surface area (Å²) in [5.74, 6) is 2.13. The summed E-state index contributed by atoms with van der Waals surface area (Å²) >= 11 is 0. The summed E-state index contributed by atoms with van der Waals surface area (Å²) in [4.78, 5) is 14.8. The largest absolute Gasteiger partial charge is 0.492 e. The van der Waals surface area contributed by atoms with Crippen LogP contribution in [0.5, 0.6) is 5.75 Å². The van der Waals surface area contributed by atoms with E-state index in [-0.39, 0.29) is 18.3 Å². The maximum absolute atomic E-state index is 12.8. The number of nitrogens with one attached hydrogen (secondary N) is 1. The van der Waals surface area contributed by atoms with Crippen molar-refractivity contribution in [3.8, 4) is 5.75 Å². The van der Waals surface area contributed by atoms with Crippen molar-refractivity contribution in [3.63, 3.8) is 0 Å². The lowest BCUT2D eigenvalue weighted by molar-refractivity contribution is 0.0691. The van der Waals surface area contributed by atoms with Crippen molar-refractivity contribution in [2.24, 2.45) is 11.8 Å². The molecule has 1 N–H and O–H groups in total. The van der Waals surface area contributed by atoms with Crippen LogP contribution in [0.15, 0.2) is 24.3 Å². The molecule has 4 nitrogen and oxygen atoms in total. The Bertz CT molecular complexity index is 524. The highest BCUT2D eigenvalue weighted by molar-refractivity contribution is 5.97. The molecule has 1 atom stereocenters. The van der Waals surface area contributed by atoms with Gasteiger partial charge in [-0.3, -0.25) is 4.79 Å². The zero-order valence-electron chi connectivity index (χ0n) is 14.5. The summed E-state index contributed by atoms with van der Waals surface area (Å²) < 4.78 is 6.02. The summed E-state index contributed by atoms with van der Waals surface area (Å²) in [5.41, 5.74) is 0.714. The van der Waals surface area contributed by atoms with Gasteiger partial charge in [0.2, 0.25) is 0 Å². The summed E-state index contributed by atoms with van der Waals surface area (Å²) in [7, 11) is 0. The van der Waals surface area contributed by atoms with E-state index in [0.29, 0.717) is 18.1 Å². The molecule has 2 aliphatic rings. The molecule has 0 bridgehead atoms. The van der Waals surface area contributed by atoms with Crippen molar-refractivity contribution in [1.29, 1.82) is 0 Å². The van der Waals surface area contributed by atoms with E-state index < -0.39 is 0 Å². The average Bonchev–Trinajstić information content (AvgIpc) is 2.61. The van der Waals surface area contributed by atoms with Crippen LogP contribution in [-0.2, 0) is 0 Å². The number of benzene rings is 1. The Morgan fingerprint density at radius 1 is 1.25 bits per heavy atom. The Morgan fingerprint density at radius 3 is 2.71 bits per heavy atom. The number of amides is 1. The SMILES string of the molecule is CC1CCN(C(=O)c2ccccc2OCC2CCCNC2)CC1.Cl. The molecule has 24 heavy (non-hydrogen) atoms. The van der Waals surface area contributed by atoms with E-state index in [1.54, 1.807) is 0 Å². The number of carbonyl (C=O) groups excluding carboxylic acids is 1. The van der Waals surface area contributed by atoms with Crippen molar-refractivity contribution in [2.45, 2.75) is 32.6 Å². The highest BCUT2D eigenvalue weighted by Crippen LogP contribution is 2.24. The van der Waals surface area contributed by atoms with Crippen LogP contribution in [0.1, 0.15) is 43.0 Å². The fraction of sp³-hybridized carbons (Fsp3) is 0.632. The number of hydrogen-bond donors (Lipinski definition) is 1. The summed E-state index contributed by atoms with van der Waals surface area (Å²) in [5, 5.41) is 3.41. The molecule has 2 aliphatic heterocycles. The van der Waals surface area contributed by atoms with E-state index in [1.165, 1.54) is 12.8 Å². The van der Waals surface area contributed by atoms with Crippen molar-refractivity contribution in [2.75, 3.05) is 32.8 Å². The Balaban J connectivity index is 0.00000208. The third kappa shape index (κ3) is 4.87. The zero-order chi connectivity index (χ0) is 16.1. The molecule has 0 spiro atoms. The molecule has 2 saturated heterocycles. The summed E-state index contributed by atoms with van der Waals surface area (Å²) in [6.45, 7) is 6.80. The molecule has 1 aromatic rings. The zero-order valence-corrected chi connectivity index (χ0v) is 15.3. The topological polar surface area (TPSA) is 41.6 Å². The van der Waals surface area contributed by atoms with E-state index in [0.717, 1.165) is 50.7 Å². The van der Waals surface area contributed by atoms with Crippen LogP contribution in [0.4, 0.5) is 0 Å². The van der Waals surface area contributed by atoms with Gasteiger partial charge in [0.05, 0.1) is 12.2 Å². The number of likely N-dealkylation sites (tertiary alicyclic amines) is 1. The molecule has 1 unspecified atom stereocenters. The minimum Gasteiger partial charge on any atom is -0.492 e. The normalized spacial score (nSPS) is 21.9. The lowest BCUT2D eigenvalue weighted by Crippen LogP contribution is -2.38. The van der Waals surface area contributed by atoms with Gasteiger partial charge in [0.1, 0.15) is 5.75 Å². The van der Waals surface area contributed by atoms with Crippen molar-refractivity contribution >= 4 is 18.3 Å². The number of halogens is 1. The van der Waals surface area contributed by atoms with E-state index in [1.807, 2.05) is 29.2 Å². The molecule has 134 valence electrons. The first-order valence-electron chi connectivity index (χ1n) is 8.96. The highest BCUT2D eigenvalue weighted by atomic mass is 35.5. The van der Waals surface area contributed by atoms with E-state index >= 15 is 0 Å². The van der Waals surface area contributed by atoms with E-state index in [9.17, 15) is 4.79 Å². The van der Waals surface area contributed by atoms with E-state index in [2.05, 4.69) is 12.2 Å². The molecule has 0 aromatic heterocycles. The van der Waals surface area contributed by atoms with E-state index in [4.69, 9.17) is 4.74 Å². The Morgan fingerprint density at radius 2 is 2.00 bits per heavy atom. The van der Waals surface area contributed by atoms with Crippen LogP contribution in [0.3, 0.4) is 0 Å². The number of para-hydroxylation sites is 1. The van der Waals surface area contributed by atoms with Gasteiger partial charge in [0.15, 0.2) is 0 Å². The third-order valence-electron chi connectivity index (χ3n) is 5.06. The van der Waals surface area contributed by atoms with Crippen molar-refractivity contribution in [1.82, 2.24) is 10.2 Å². The lowest BCUT2D eigenvalue weighted by Gasteiger charge is -2.31. The predicted molar refractivity (Wildman–Crippen MR) is 99.1 cm³/mol. The lowest BCUT2D eigenvalue weighted by atomic mass is 9.98. The van der Waals surface area contributed by atoms with Crippen LogP contribution in [0.25, 0.3) is 0 Å². The van der Waals surface area contributed by atoms with Crippen LogP contribution < -0.4 is 10.1 Å². The number of nitrogens with zero attached hydrogens (tertiary/aromatic N) is 1. The molecule has 3 rings (SSSR count). The maximum atomic E-state index is 12.8. The maximum Gasteiger partial charge on any atom is 0.257 e. The molecule has 0 radical (unpaired) electrons. The molecular formula is C19H29ClN2O2. The van der Waals surface area contributed by atoms with Crippen LogP contribution in [-0.4, -0.2) is 43.6 Å². The molecule has 0 saturated carbocycles. The van der Waals surface area contributed by atoms with Crippen LogP contribution >= 0.6 is 12.4 Å². The Kier molecular flexibility index (Phi) is 7.38. The van der Waals surface area contributed by atoms with Crippen LogP contribution in [0, 0.1) is 11.8 Å². The summed E-state index contributed by atoms with van der Waals surface area (Å²) in [6.07, 6.45) is 4.61. The summed E-state index contributed by atoms with van der Waals surface area (Å²) in [6, 6.07) is 7.70. The average molecular weight is 353 g/mol. The van der Waals surface area contributed by atoms with Gasteiger partial charge in [0.25, 0.3) is 5.91 Å². The monoisotopic (exact) mass is 352 g/mol. The Hall–Kier alpha value is -1.26. The molecular weight excluding hydrogens is 324 g/mol. The molecule has 2 fully saturated rings. The second-order valence-electron chi connectivity index (χ2n) is 6.99. The number of ether oxygens (including phenoxy) is 1. The van der Waals surface area contributed by atoms with Gasteiger partial charge in [-0.05, 0) is 50.3 Å². The van der Waals surface area contributed by atoms with Gasteiger partial charge >= 0.3 is 0 Å². The van der Waals surface area contributed by atoms with Gasteiger partial charge in [0, 0.05) is 25.6 Å². The molecule has 5 heteroatoms. The molecule has 0 aliphatic carbocycles. The first-order chi connectivity index (χ1) is 11.2. The van der Waals surface area contributed by atoms with Gasteiger partial charge in [-0.15, -0.1) is 12.4 Å². The quantitative estimate of drug-likeness (QED) is 0.903. The number of carbonyl (C=O) groups is 1. The number of rotatable bonds is 4. The molecule has 1 aromatic carbocycles. The third-order valence-corrected chi connectivity index (χ3v) is 5.06. The molecule has 1 amide bonds. The Labute approximate surface area is 151 Å². The van der Waals surface area contributed by atoms with Crippen molar-refractivity contribution < 1.29 is 9.53 Å². The van der Waals surface area contributed by atoms with Gasteiger partial charge in [-0.25, -0.2) is 0 Å². The predicted octanol–water partition coefficient (Wildman–Crippen LogP) is 3.36. The standard InChI is InChI=1S/C19H28N2O2.ClH/c1-15-8-11-21(12-9-15)19(22)17-6-2-3-7-18(17)23-14-16-5-4-10-20-13-16;/h2-3,6-7,15-16,20H,4-5,8-14H2,1H3;1H. The van der Waals surface area contributed by atoms with Crippen LogP contribution in [0.2, 0.25) is 0 Å². The van der Waals surface area contributed by atoms with Gasteiger partial charge in [-0.2, -0.15) is 0 Å². The minimum atomic E-state index is 0. The van der Waals surface area contributed by atoms with Gasteiger partial charge in [-0.1, -0.05) is 19.1 Å². The second-order valence-corrected chi connectivity index (χ2v) is 6.99. The van der Waals surface area contributed by atoms with Crippen molar-refractivity contribution in [3.05, 3.63) is 29.8 Å². The smallest absolute Gasteiger partial charge is 0.257 e. The second kappa shape index (κ2) is 9.28. The first kappa shape index (κ1) is 19.1. The minimum absolute atomic E-state index is 0. The first-order valence-corrected chi connectivity index (χ1v) is 8.96. The fourth-order valence-corrected chi connectivity index (χ4v) is 3.43. The molecule has 2 heterocycles. The number of piperidine rings is 2. The van der Waals surface area contributed by atoms with Gasteiger partial charge < -0.3 is 15.0 Å².